The lowest BCUT2D eigenvalue weighted by Crippen LogP contribution is -2.58. The molecule has 1 aromatic rings. The van der Waals surface area contributed by atoms with Crippen molar-refractivity contribution in [1.82, 2.24) is 10.6 Å². The molecule has 1 saturated heterocycles. The highest BCUT2D eigenvalue weighted by molar-refractivity contribution is 5.96. The van der Waals surface area contributed by atoms with Crippen molar-refractivity contribution < 1.29 is 19.1 Å². The van der Waals surface area contributed by atoms with Crippen molar-refractivity contribution in [3.8, 4) is 0 Å². The van der Waals surface area contributed by atoms with E-state index < -0.39 is 17.4 Å². The first-order valence-corrected chi connectivity index (χ1v) is 7.01. The van der Waals surface area contributed by atoms with E-state index in [9.17, 15) is 14.4 Å². The summed E-state index contributed by atoms with van der Waals surface area (Å²) < 4.78 is 5.59. The van der Waals surface area contributed by atoms with Crippen LogP contribution in [0.5, 0.6) is 0 Å². The summed E-state index contributed by atoms with van der Waals surface area (Å²) in [6.07, 6.45) is 0.573. The van der Waals surface area contributed by atoms with Crippen LogP contribution in [0.25, 0.3) is 0 Å². The van der Waals surface area contributed by atoms with Gasteiger partial charge in [-0.3, -0.25) is 14.4 Å². The monoisotopic (exact) mass is 305 g/mol. The number of hydrogen-bond acceptors (Lipinski definition) is 4. The third-order valence-electron chi connectivity index (χ3n) is 3.48. The lowest BCUT2D eigenvalue weighted by atomic mass is 9.97. The summed E-state index contributed by atoms with van der Waals surface area (Å²) in [7, 11) is 0. The van der Waals surface area contributed by atoms with E-state index in [1.165, 1.54) is 0 Å². The van der Waals surface area contributed by atoms with Crippen LogP contribution in [0, 0.1) is 0 Å². The smallest absolute Gasteiger partial charge is 0.248 e. The number of nitrogens with one attached hydrogen (secondary N) is 2. The number of carbonyl (C=O) groups excluding carboxylic acids is 3. The van der Waals surface area contributed by atoms with Crippen molar-refractivity contribution in [3.05, 3.63) is 35.9 Å². The normalized spacial score (nSPS) is 20.5. The first-order valence-electron chi connectivity index (χ1n) is 7.01. The number of carbonyl (C=O) groups is 3. The van der Waals surface area contributed by atoms with Crippen LogP contribution < -0.4 is 16.4 Å². The number of hydrogen-bond donors (Lipinski definition) is 3. The molecule has 0 radical (unpaired) electrons. The Morgan fingerprint density at radius 3 is 2.64 bits per heavy atom. The summed E-state index contributed by atoms with van der Waals surface area (Å²) in [5.41, 5.74) is 4.85. The van der Waals surface area contributed by atoms with Crippen molar-refractivity contribution in [3.63, 3.8) is 0 Å². The highest BCUT2D eigenvalue weighted by Gasteiger charge is 2.44. The molecule has 118 valence electrons. The van der Waals surface area contributed by atoms with Crippen molar-refractivity contribution in [2.75, 3.05) is 13.2 Å². The van der Waals surface area contributed by atoms with Gasteiger partial charge in [0, 0.05) is 6.42 Å². The highest BCUT2D eigenvalue weighted by atomic mass is 16.5. The lowest BCUT2D eigenvalue weighted by Gasteiger charge is -2.27. The summed E-state index contributed by atoms with van der Waals surface area (Å²) in [6, 6.07) is 9.51. The summed E-state index contributed by atoms with van der Waals surface area (Å²) in [4.78, 5) is 34.5. The fourth-order valence-electron chi connectivity index (χ4n) is 2.32. The summed E-state index contributed by atoms with van der Waals surface area (Å²) in [6.45, 7) is 0.106. The Labute approximate surface area is 128 Å². The minimum atomic E-state index is -1.14. The topological polar surface area (TPSA) is 111 Å². The van der Waals surface area contributed by atoms with Crippen LogP contribution in [-0.2, 0) is 25.7 Å². The molecule has 1 aromatic carbocycles. The van der Waals surface area contributed by atoms with E-state index >= 15 is 0 Å². The third kappa shape index (κ3) is 4.05. The van der Waals surface area contributed by atoms with Crippen molar-refractivity contribution in [2.45, 2.75) is 25.0 Å². The zero-order valence-corrected chi connectivity index (χ0v) is 12.1. The Morgan fingerprint density at radius 1 is 1.32 bits per heavy atom. The Bertz CT molecular complexity index is 561. The maximum Gasteiger partial charge on any atom is 0.248 e. The molecule has 1 fully saturated rings. The van der Waals surface area contributed by atoms with Gasteiger partial charge in [0.15, 0.2) is 0 Å². The molecule has 7 nitrogen and oxygen atoms in total. The van der Waals surface area contributed by atoms with Gasteiger partial charge in [0.1, 0.15) is 5.54 Å². The van der Waals surface area contributed by atoms with E-state index in [4.69, 9.17) is 10.5 Å². The van der Waals surface area contributed by atoms with E-state index in [0.717, 1.165) is 5.56 Å². The largest absolute Gasteiger partial charge is 0.374 e. The Balaban J connectivity index is 1.95. The average Bonchev–Trinajstić information content (AvgIpc) is 2.88. The fourth-order valence-corrected chi connectivity index (χ4v) is 2.32. The molecule has 4 N–H and O–H groups in total. The van der Waals surface area contributed by atoms with Gasteiger partial charge >= 0.3 is 0 Å². The second-order valence-electron chi connectivity index (χ2n) is 5.26. The zero-order valence-electron chi connectivity index (χ0n) is 12.1. The van der Waals surface area contributed by atoms with Gasteiger partial charge in [-0.2, -0.15) is 0 Å². The first-order chi connectivity index (χ1) is 10.5. The van der Waals surface area contributed by atoms with E-state index in [1.54, 1.807) is 0 Å². The summed E-state index contributed by atoms with van der Waals surface area (Å²) >= 11 is 0. The van der Waals surface area contributed by atoms with Gasteiger partial charge in [0.25, 0.3) is 0 Å². The number of ether oxygens (including phenoxy) is 1. The second-order valence-corrected chi connectivity index (χ2v) is 5.26. The molecular weight excluding hydrogens is 286 g/mol. The average molecular weight is 305 g/mol. The lowest BCUT2D eigenvalue weighted by molar-refractivity contribution is -0.133. The standard InChI is InChI=1S/C15H19N3O4/c16-12(19)8-17-14(21)15(7-6-13(20)18-15)10-22-9-11-4-2-1-3-5-11/h1-5H,6-10H2,(H2,16,19)(H,17,21)(H,18,20). The molecule has 2 rings (SSSR count). The van der Waals surface area contributed by atoms with Crippen LogP contribution in [-0.4, -0.2) is 36.4 Å². The van der Waals surface area contributed by atoms with Crippen LogP contribution in [0.2, 0.25) is 0 Å². The Morgan fingerprint density at radius 2 is 2.05 bits per heavy atom. The van der Waals surface area contributed by atoms with Crippen molar-refractivity contribution in [2.24, 2.45) is 5.73 Å². The van der Waals surface area contributed by atoms with Gasteiger partial charge in [0.05, 0.1) is 19.8 Å². The van der Waals surface area contributed by atoms with Gasteiger partial charge in [-0.05, 0) is 12.0 Å². The maximum atomic E-state index is 12.2. The molecular formula is C15H19N3O4. The van der Waals surface area contributed by atoms with Crippen LogP contribution in [0.3, 0.4) is 0 Å². The van der Waals surface area contributed by atoms with E-state index in [2.05, 4.69) is 10.6 Å². The molecule has 1 atom stereocenters. The predicted molar refractivity (Wildman–Crippen MR) is 78.4 cm³/mol. The van der Waals surface area contributed by atoms with Gasteiger partial charge in [-0.1, -0.05) is 30.3 Å². The molecule has 1 aliphatic rings. The van der Waals surface area contributed by atoms with Crippen molar-refractivity contribution in [1.29, 1.82) is 0 Å². The number of benzene rings is 1. The van der Waals surface area contributed by atoms with E-state index in [-0.39, 0.29) is 25.5 Å². The molecule has 3 amide bonds. The van der Waals surface area contributed by atoms with E-state index in [0.29, 0.717) is 13.0 Å². The van der Waals surface area contributed by atoms with Crippen LogP contribution in [0.4, 0.5) is 0 Å². The minimum Gasteiger partial charge on any atom is -0.374 e. The number of nitrogens with two attached hydrogens (primary N) is 1. The third-order valence-corrected chi connectivity index (χ3v) is 3.48. The van der Waals surface area contributed by atoms with Gasteiger partial charge in [-0.15, -0.1) is 0 Å². The molecule has 1 unspecified atom stereocenters. The first kappa shape index (κ1) is 16.0. The van der Waals surface area contributed by atoms with Crippen LogP contribution in [0.1, 0.15) is 18.4 Å². The van der Waals surface area contributed by atoms with Crippen LogP contribution >= 0.6 is 0 Å². The molecule has 0 bridgehead atoms. The molecule has 0 spiro atoms. The Hall–Kier alpha value is -2.41. The molecule has 22 heavy (non-hydrogen) atoms. The highest BCUT2D eigenvalue weighted by Crippen LogP contribution is 2.21. The molecule has 0 aliphatic carbocycles. The SMILES string of the molecule is NC(=O)CNC(=O)C1(COCc2ccccc2)CCC(=O)N1. The quantitative estimate of drug-likeness (QED) is 0.628. The van der Waals surface area contributed by atoms with Gasteiger partial charge in [0.2, 0.25) is 17.7 Å². The number of amides is 3. The van der Waals surface area contributed by atoms with E-state index in [1.807, 2.05) is 30.3 Å². The maximum absolute atomic E-state index is 12.2. The van der Waals surface area contributed by atoms with Gasteiger partial charge < -0.3 is 21.1 Å². The minimum absolute atomic E-state index is 0.0399. The molecule has 7 heteroatoms. The van der Waals surface area contributed by atoms with Gasteiger partial charge in [-0.25, -0.2) is 0 Å². The molecule has 1 aliphatic heterocycles. The van der Waals surface area contributed by atoms with Crippen LogP contribution in [0.15, 0.2) is 30.3 Å². The number of rotatable bonds is 7. The summed E-state index contributed by atoms with van der Waals surface area (Å²) in [5, 5.41) is 5.07. The second kappa shape index (κ2) is 7.04. The Kier molecular flexibility index (Phi) is 5.11. The van der Waals surface area contributed by atoms with Crippen molar-refractivity contribution >= 4 is 17.7 Å². The number of primary amides is 1. The molecule has 0 saturated carbocycles. The zero-order chi connectivity index (χ0) is 16.0. The molecule has 0 aromatic heterocycles. The fraction of sp³-hybridized carbons (Fsp3) is 0.400. The predicted octanol–water partition coefficient (Wildman–Crippen LogP) is -0.546. The molecule has 1 heterocycles. The summed E-state index contributed by atoms with van der Waals surface area (Å²) in [5.74, 6) is -1.30.